The van der Waals surface area contributed by atoms with Crippen LogP contribution in [0.1, 0.15) is 32.6 Å². The molecule has 1 unspecified atom stereocenters. The molecule has 4 heteroatoms. The van der Waals surface area contributed by atoms with E-state index in [2.05, 4.69) is 4.99 Å². The van der Waals surface area contributed by atoms with Crippen LogP contribution < -0.4 is 0 Å². The lowest BCUT2D eigenvalue weighted by molar-refractivity contribution is -0.162. The zero-order valence-corrected chi connectivity index (χ0v) is 9.39. The smallest absolute Gasteiger partial charge is 0.160 e. The molecule has 0 aromatic carbocycles. The van der Waals surface area contributed by atoms with E-state index in [-0.39, 0.29) is 5.78 Å². The Kier molecular flexibility index (Phi) is 2.92. The number of nitrogens with zero attached hydrogens (tertiary/aromatic N) is 2. The highest BCUT2D eigenvalue weighted by Gasteiger charge is 2.39. The lowest BCUT2D eigenvalue weighted by Gasteiger charge is -2.37. The molecule has 1 atom stereocenters. The number of Topliss-reactive ketones (excluding diaryl/α,β-unsaturated/α-hetero) is 1. The number of ketones is 1. The van der Waals surface area contributed by atoms with Crippen molar-refractivity contribution < 1.29 is 10.0 Å². The van der Waals surface area contributed by atoms with Gasteiger partial charge in [-0.2, -0.15) is 0 Å². The molecule has 1 aliphatic carbocycles. The van der Waals surface area contributed by atoms with Gasteiger partial charge in [0.15, 0.2) is 5.78 Å². The van der Waals surface area contributed by atoms with Crippen LogP contribution in [-0.4, -0.2) is 27.8 Å². The number of carbonyl (C=O) groups excluding carboxylic acids is 1. The number of carbonyl (C=O) groups is 1. The maximum Gasteiger partial charge on any atom is 0.160 e. The Balaban J connectivity index is 2.16. The summed E-state index contributed by atoms with van der Waals surface area (Å²) in [7, 11) is 0. The summed E-state index contributed by atoms with van der Waals surface area (Å²) >= 11 is 0. The van der Waals surface area contributed by atoms with Gasteiger partial charge in [-0.05, 0) is 31.9 Å². The summed E-state index contributed by atoms with van der Waals surface area (Å²) in [4.78, 5) is 15.9. The number of hydroxylamine groups is 2. The second-order valence-electron chi connectivity index (χ2n) is 4.44. The van der Waals surface area contributed by atoms with Crippen LogP contribution in [0.4, 0.5) is 0 Å². The van der Waals surface area contributed by atoms with Crippen LogP contribution >= 0.6 is 0 Å². The van der Waals surface area contributed by atoms with E-state index in [1.807, 2.05) is 0 Å². The van der Waals surface area contributed by atoms with Crippen LogP contribution in [0.5, 0.6) is 0 Å². The topological polar surface area (TPSA) is 52.9 Å². The molecule has 16 heavy (non-hydrogen) atoms. The molecule has 1 heterocycles. The first-order chi connectivity index (χ1) is 7.63. The van der Waals surface area contributed by atoms with Crippen molar-refractivity contribution in [2.24, 2.45) is 4.99 Å². The second kappa shape index (κ2) is 4.22. The molecule has 1 N–H and O–H groups in total. The first-order valence-corrected chi connectivity index (χ1v) is 5.57. The first-order valence-electron chi connectivity index (χ1n) is 5.57. The van der Waals surface area contributed by atoms with Crippen molar-refractivity contribution in [3.63, 3.8) is 0 Å². The van der Waals surface area contributed by atoms with Gasteiger partial charge in [0.1, 0.15) is 5.54 Å². The van der Waals surface area contributed by atoms with E-state index in [4.69, 9.17) is 0 Å². The van der Waals surface area contributed by atoms with Crippen molar-refractivity contribution in [2.75, 3.05) is 0 Å². The lowest BCUT2D eigenvalue weighted by atomic mass is 9.82. The molecule has 0 saturated heterocycles. The molecule has 0 aromatic rings. The predicted molar refractivity (Wildman–Crippen MR) is 61.2 cm³/mol. The lowest BCUT2D eigenvalue weighted by Crippen LogP contribution is -2.50. The third kappa shape index (κ3) is 1.93. The summed E-state index contributed by atoms with van der Waals surface area (Å²) in [5, 5.41) is 11.0. The van der Waals surface area contributed by atoms with Gasteiger partial charge in [0.05, 0.1) is 11.9 Å². The van der Waals surface area contributed by atoms with Crippen molar-refractivity contribution >= 4 is 12.0 Å². The summed E-state index contributed by atoms with van der Waals surface area (Å²) in [6.07, 6.45) is 9.91. The highest BCUT2D eigenvalue weighted by molar-refractivity contribution is 5.88. The van der Waals surface area contributed by atoms with Crippen molar-refractivity contribution in [1.29, 1.82) is 0 Å². The fourth-order valence-corrected chi connectivity index (χ4v) is 2.06. The van der Waals surface area contributed by atoms with Crippen LogP contribution in [0.25, 0.3) is 0 Å². The molecule has 1 saturated carbocycles. The minimum absolute atomic E-state index is 0.101. The maximum atomic E-state index is 11.8. The molecule has 86 valence electrons. The van der Waals surface area contributed by atoms with Crippen LogP contribution in [0.15, 0.2) is 29.0 Å². The minimum Gasteiger partial charge on any atom is -0.297 e. The molecule has 0 radical (unpaired) electrons. The van der Waals surface area contributed by atoms with Gasteiger partial charge in [-0.15, -0.1) is 0 Å². The Bertz CT molecular complexity index is 370. The molecule has 0 bridgehead atoms. The van der Waals surface area contributed by atoms with E-state index in [0.29, 0.717) is 18.5 Å². The van der Waals surface area contributed by atoms with Gasteiger partial charge in [-0.25, -0.2) is 5.06 Å². The van der Waals surface area contributed by atoms with Crippen molar-refractivity contribution in [1.82, 2.24) is 5.06 Å². The third-order valence-corrected chi connectivity index (χ3v) is 3.25. The quantitative estimate of drug-likeness (QED) is 0.725. The molecule has 4 nitrogen and oxygen atoms in total. The van der Waals surface area contributed by atoms with Gasteiger partial charge in [0.2, 0.25) is 0 Å². The van der Waals surface area contributed by atoms with Crippen LogP contribution in [0.3, 0.4) is 0 Å². The average molecular weight is 220 g/mol. The summed E-state index contributed by atoms with van der Waals surface area (Å²) in [6, 6.07) is 0. The summed E-state index contributed by atoms with van der Waals surface area (Å²) < 4.78 is 0. The summed E-state index contributed by atoms with van der Waals surface area (Å²) in [5.41, 5.74) is -0.112. The standard InChI is InChI=1S/C12H16N2O2/c1-12(7-3-2-6-11(12)15)14(16)9-10-5-4-8-13-10/h4-5,8-9,16H,2-3,6-7H2,1H3. The number of aliphatic imine (C=N–C) groups is 1. The molecule has 2 rings (SSSR count). The molecule has 1 fully saturated rings. The molecule has 1 aliphatic heterocycles. The fraction of sp³-hybridized carbons (Fsp3) is 0.500. The molecular formula is C12H16N2O2. The van der Waals surface area contributed by atoms with Gasteiger partial charge in [0.25, 0.3) is 0 Å². The molecule has 0 amide bonds. The fourth-order valence-electron chi connectivity index (χ4n) is 2.06. The van der Waals surface area contributed by atoms with Gasteiger partial charge < -0.3 is 0 Å². The Labute approximate surface area is 94.9 Å². The molecule has 0 aromatic heterocycles. The van der Waals surface area contributed by atoms with Gasteiger partial charge in [0, 0.05) is 12.6 Å². The van der Waals surface area contributed by atoms with Crippen LogP contribution in [0, 0.1) is 0 Å². The third-order valence-electron chi connectivity index (χ3n) is 3.25. The molecule has 0 spiro atoms. The minimum atomic E-state index is -0.781. The SMILES string of the molecule is CC1(N(O)C=C2C=CC=N2)CCCCC1=O. The number of hydrogen-bond acceptors (Lipinski definition) is 4. The van der Waals surface area contributed by atoms with E-state index >= 15 is 0 Å². The van der Waals surface area contributed by atoms with E-state index in [1.165, 1.54) is 6.20 Å². The Morgan fingerprint density at radius 1 is 1.56 bits per heavy atom. The van der Waals surface area contributed by atoms with Crippen molar-refractivity contribution in [3.8, 4) is 0 Å². The zero-order chi connectivity index (χ0) is 11.6. The molecule has 2 aliphatic rings. The highest BCUT2D eigenvalue weighted by Crippen LogP contribution is 2.30. The van der Waals surface area contributed by atoms with Gasteiger partial charge >= 0.3 is 0 Å². The monoisotopic (exact) mass is 220 g/mol. The Morgan fingerprint density at radius 2 is 2.38 bits per heavy atom. The van der Waals surface area contributed by atoms with Crippen LogP contribution in [-0.2, 0) is 4.79 Å². The first kappa shape index (κ1) is 11.1. The maximum absolute atomic E-state index is 11.8. The van der Waals surface area contributed by atoms with Gasteiger partial charge in [-0.3, -0.25) is 15.0 Å². The zero-order valence-electron chi connectivity index (χ0n) is 9.39. The van der Waals surface area contributed by atoms with Crippen LogP contribution in [0.2, 0.25) is 0 Å². The average Bonchev–Trinajstić information content (AvgIpc) is 2.75. The van der Waals surface area contributed by atoms with Gasteiger partial charge in [-0.1, -0.05) is 6.42 Å². The van der Waals surface area contributed by atoms with E-state index in [9.17, 15) is 10.0 Å². The molecular weight excluding hydrogens is 204 g/mol. The predicted octanol–water partition coefficient (Wildman–Crippen LogP) is 2.06. The van der Waals surface area contributed by atoms with E-state index in [0.717, 1.165) is 17.9 Å². The number of hydrogen-bond donors (Lipinski definition) is 1. The number of rotatable bonds is 2. The normalized spacial score (nSPS) is 31.4. The Morgan fingerprint density at radius 3 is 3.00 bits per heavy atom. The van der Waals surface area contributed by atoms with Crippen molar-refractivity contribution in [2.45, 2.75) is 38.1 Å². The summed E-state index contributed by atoms with van der Waals surface area (Å²) in [5.74, 6) is 0.101. The summed E-state index contributed by atoms with van der Waals surface area (Å²) in [6.45, 7) is 1.79. The van der Waals surface area contributed by atoms with E-state index < -0.39 is 5.54 Å². The second-order valence-corrected chi connectivity index (χ2v) is 4.44. The highest BCUT2D eigenvalue weighted by atomic mass is 16.5. The largest absolute Gasteiger partial charge is 0.297 e. The number of allylic oxidation sites excluding steroid dienone is 2. The van der Waals surface area contributed by atoms with Crippen molar-refractivity contribution in [3.05, 3.63) is 24.0 Å². The van der Waals surface area contributed by atoms with E-state index in [1.54, 1.807) is 25.3 Å². The Hall–Kier alpha value is -1.42.